The Labute approximate surface area is 176 Å². The Kier molecular flexibility index (Phi) is 5.89. The fourth-order valence-electron chi connectivity index (χ4n) is 3.24. The highest BCUT2D eigenvalue weighted by molar-refractivity contribution is 6.31. The molecule has 2 aromatic carbocycles. The molecule has 0 spiro atoms. The van der Waals surface area contributed by atoms with Crippen LogP contribution in [-0.4, -0.2) is 30.1 Å². The molecule has 9 heteroatoms. The average molecular weight is 438 g/mol. The molecule has 0 bridgehead atoms. The van der Waals surface area contributed by atoms with Gasteiger partial charge in [0.2, 0.25) is 5.89 Å². The van der Waals surface area contributed by atoms with E-state index in [1.54, 1.807) is 18.2 Å². The first kappa shape index (κ1) is 19.9. The number of hydrogen-bond donors (Lipinski definition) is 2. The number of oxazole rings is 1. The van der Waals surface area contributed by atoms with Gasteiger partial charge in [-0.2, -0.15) is 0 Å². The molecule has 2 atom stereocenters. The Morgan fingerprint density at radius 1 is 1.28 bits per heavy atom. The number of nitrogens with zero attached hydrogens (tertiary/aromatic N) is 1. The number of amides is 1. The lowest BCUT2D eigenvalue weighted by molar-refractivity contribution is -0.124. The minimum absolute atomic E-state index is 0.00618. The van der Waals surface area contributed by atoms with Crippen molar-refractivity contribution < 1.29 is 18.3 Å². The Hall–Kier alpha value is -2.35. The van der Waals surface area contributed by atoms with Crippen molar-refractivity contribution in [3.63, 3.8) is 0 Å². The standard InChI is InChI=1S/C20H18Cl2FN3O3/c21-11-1-6-18-17(7-11)26-20(29-18)16-5-2-12(9-24-16)25-19(27)10-28-13-3-4-14(22)15(23)8-13/h1,3-4,6-8,12,16,24H,2,5,9-10H2,(H,25,27)/t12-,16+/m0/s1. The second kappa shape index (κ2) is 8.57. The third-order valence-electron chi connectivity index (χ3n) is 4.70. The van der Waals surface area contributed by atoms with Crippen LogP contribution in [-0.2, 0) is 4.79 Å². The molecule has 1 aliphatic rings. The summed E-state index contributed by atoms with van der Waals surface area (Å²) in [5.74, 6) is -0.00392. The first-order chi connectivity index (χ1) is 14.0. The van der Waals surface area contributed by atoms with Gasteiger partial charge in [0.05, 0.1) is 11.1 Å². The number of aromatic nitrogens is 1. The first-order valence-electron chi connectivity index (χ1n) is 9.14. The zero-order chi connectivity index (χ0) is 20.4. The van der Waals surface area contributed by atoms with Crippen molar-refractivity contribution >= 4 is 40.2 Å². The third kappa shape index (κ3) is 4.80. The van der Waals surface area contributed by atoms with Crippen molar-refractivity contribution in [3.8, 4) is 5.75 Å². The molecule has 1 aliphatic heterocycles. The predicted octanol–water partition coefficient (Wildman–Crippen LogP) is 4.26. The van der Waals surface area contributed by atoms with E-state index < -0.39 is 5.82 Å². The van der Waals surface area contributed by atoms with Gasteiger partial charge in [-0.1, -0.05) is 23.2 Å². The van der Waals surface area contributed by atoms with E-state index in [1.807, 2.05) is 0 Å². The monoisotopic (exact) mass is 437 g/mol. The zero-order valence-electron chi connectivity index (χ0n) is 15.3. The molecule has 0 radical (unpaired) electrons. The summed E-state index contributed by atoms with van der Waals surface area (Å²) in [7, 11) is 0. The van der Waals surface area contributed by atoms with Crippen LogP contribution >= 0.6 is 23.2 Å². The van der Waals surface area contributed by atoms with Crippen molar-refractivity contribution in [2.24, 2.45) is 0 Å². The zero-order valence-corrected chi connectivity index (χ0v) is 16.8. The molecule has 0 unspecified atom stereocenters. The minimum atomic E-state index is -0.589. The van der Waals surface area contributed by atoms with Gasteiger partial charge in [-0.05, 0) is 43.2 Å². The molecule has 1 aromatic heterocycles. The summed E-state index contributed by atoms with van der Waals surface area (Å²) in [4.78, 5) is 16.6. The third-order valence-corrected chi connectivity index (χ3v) is 5.25. The number of carbonyl (C=O) groups is 1. The van der Waals surface area contributed by atoms with Crippen LogP contribution in [0.2, 0.25) is 10.0 Å². The lowest BCUT2D eigenvalue weighted by Crippen LogP contribution is -2.48. The van der Waals surface area contributed by atoms with Gasteiger partial charge in [0, 0.05) is 23.7 Å². The number of fused-ring (bicyclic) bond motifs is 1. The Morgan fingerprint density at radius 3 is 2.90 bits per heavy atom. The molecular formula is C20H18Cl2FN3O3. The van der Waals surface area contributed by atoms with Crippen molar-refractivity contribution in [2.45, 2.75) is 24.9 Å². The number of rotatable bonds is 5. The molecule has 1 amide bonds. The highest BCUT2D eigenvalue weighted by Crippen LogP contribution is 2.27. The quantitative estimate of drug-likeness (QED) is 0.623. The van der Waals surface area contributed by atoms with E-state index in [1.165, 1.54) is 12.1 Å². The summed E-state index contributed by atoms with van der Waals surface area (Å²) in [6.45, 7) is 0.373. The van der Waals surface area contributed by atoms with E-state index in [0.717, 1.165) is 24.4 Å². The Morgan fingerprint density at radius 2 is 2.14 bits per heavy atom. The molecule has 2 heterocycles. The normalized spacial score (nSPS) is 19.3. The second-order valence-corrected chi connectivity index (χ2v) is 7.67. The van der Waals surface area contributed by atoms with E-state index in [4.69, 9.17) is 32.4 Å². The van der Waals surface area contributed by atoms with Crippen molar-refractivity contribution in [1.82, 2.24) is 15.6 Å². The van der Waals surface area contributed by atoms with E-state index in [2.05, 4.69) is 15.6 Å². The number of benzene rings is 2. The van der Waals surface area contributed by atoms with Crippen LogP contribution in [0.3, 0.4) is 0 Å². The maximum Gasteiger partial charge on any atom is 0.258 e. The van der Waals surface area contributed by atoms with Crippen LogP contribution in [0.4, 0.5) is 4.39 Å². The number of ether oxygens (including phenoxy) is 1. The fraction of sp³-hybridized carbons (Fsp3) is 0.300. The molecule has 0 saturated carbocycles. The van der Waals surface area contributed by atoms with E-state index >= 15 is 0 Å². The molecule has 6 nitrogen and oxygen atoms in total. The number of halogens is 3. The summed E-state index contributed by atoms with van der Waals surface area (Å²) in [6, 6.07) is 9.31. The first-order valence-corrected chi connectivity index (χ1v) is 9.90. The number of nitrogens with one attached hydrogen (secondary N) is 2. The smallest absolute Gasteiger partial charge is 0.258 e. The van der Waals surface area contributed by atoms with Gasteiger partial charge in [-0.3, -0.25) is 4.79 Å². The summed E-state index contributed by atoms with van der Waals surface area (Å²) in [5, 5.41) is 6.87. The van der Waals surface area contributed by atoms with Gasteiger partial charge >= 0.3 is 0 Å². The molecule has 2 N–H and O–H groups in total. The molecule has 3 aromatic rings. The van der Waals surface area contributed by atoms with E-state index in [9.17, 15) is 9.18 Å². The lowest BCUT2D eigenvalue weighted by atomic mass is 10.0. The molecule has 152 valence electrons. The molecule has 29 heavy (non-hydrogen) atoms. The number of carbonyl (C=O) groups excluding carboxylic acids is 1. The van der Waals surface area contributed by atoms with Gasteiger partial charge in [0.1, 0.15) is 17.1 Å². The van der Waals surface area contributed by atoms with Crippen LogP contribution in [0.25, 0.3) is 11.1 Å². The maximum atomic E-state index is 13.4. The SMILES string of the molecule is O=C(COc1ccc(Cl)c(F)c1)N[C@H]1CC[C@H](c2nc3cc(Cl)ccc3o2)NC1. The van der Waals surface area contributed by atoms with Gasteiger partial charge in [0.25, 0.3) is 5.91 Å². The summed E-state index contributed by atoms with van der Waals surface area (Å²) >= 11 is 11.6. The summed E-state index contributed by atoms with van der Waals surface area (Å²) < 4.78 is 24.5. The van der Waals surface area contributed by atoms with Gasteiger partial charge in [-0.15, -0.1) is 0 Å². The molecule has 4 rings (SSSR count). The van der Waals surface area contributed by atoms with Crippen LogP contribution in [0.15, 0.2) is 40.8 Å². The van der Waals surface area contributed by atoms with Crippen molar-refractivity contribution in [1.29, 1.82) is 0 Å². The number of hydrogen-bond acceptors (Lipinski definition) is 5. The van der Waals surface area contributed by atoms with Crippen molar-refractivity contribution in [2.75, 3.05) is 13.2 Å². The maximum absolute atomic E-state index is 13.4. The molecule has 1 saturated heterocycles. The van der Waals surface area contributed by atoms with Gasteiger partial charge in [-0.25, -0.2) is 9.37 Å². The Balaban J connectivity index is 1.26. The van der Waals surface area contributed by atoms with Gasteiger partial charge < -0.3 is 19.8 Å². The van der Waals surface area contributed by atoms with Crippen LogP contribution in [0.1, 0.15) is 24.8 Å². The average Bonchev–Trinajstić information content (AvgIpc) is 3.12. The Bertz CT molecular complexity index is 1030. The van der Waals surface area contributed by atoms with Crippen molar-refractivity contribution in [3.05, 3.63) is 58.2 Å². The van der Waals surface area contributed by atoms with Crippen LogP contribution in [0, 0.1) is 5.82 Å². The molecular weight excluding hydrogens is 420 g/mol. The number of piperidine rings is 1. The van der Waals surface area contributed by atoms with Crippen LogP contribution in [0.5, 0.6) is 5.75 Å². The second-order valence-electron chi connectivity index (χ2n) is 6.83. The molecule has 0 aliphatic carbocycles. The predicted molar refractivity (Wildman–Crippen MR) is 108 cm³/mol. The van der Waals surface area contributed by atoms with Crippen LogP contribution < -0.4 is 15.4 Å². The summed E-state index contributed by atoms with van der Waals surface area (Å²) in [5.41, 5.74) is 1.41. The lowest BCUT2D eigenvalue weighted by Gasteiger charge is -2.28. The highest BCUT2D eigenvalue weighted by atomic mass is 35.5. The largest absolute Gasteiger partial charge is 0.484 e. The van der Waals surface area contributed by atoms with E-state index in [0.29, 0.717) is 23.0 Å². The molecule has 1 fully saturated rings. The fourth-order valence-corrected chi connectivity index (χ4v) is 3.53. The van der Waals surface area contributed by atoms with Gasteiger partial charge in [0.15, 0.2) is 12.2 Å². The highest BCUT2D eigenvalue weighted by Gasteiger charge is 2.26. The minimum Gasteiger partial charge on any atom is -0.484 e. The summed E-state index contributed by atoms with van der Waals surface area (Å²) in [6.07, 6.45) is 1.52. The van der Waals surface area contributed by atoms with E-state index in [-0.39, 0.29) is 35.4 Å². The topological polar surface area (TPSA) is 76.4 Å².